The van der Waals surface area contributed by atoms with Gasteiger partial charge < -0.3 is 34.8 Å². The topological polar surface area (TPSA) is 171 Å². The van der Waals surface area contributed by atoms with Crippen LogP contribution in [0.4, 0.5) is 0 Å². The van der Waals surface area contributed by atoms with Crippen LogP contribution >= 0.6 is 0 Å². The SMILES string of the molecule is CCCCCCCCCCCC(=O)N(C)CC(O)[C@H]1OB([C@@H](CC(=O)[C@H](Cc2ccccc2)NC(=O)c2cnccn2)CC(C)C)O[C@@H]1C(O)CO. The zero-order valence-electron chi connectivity index (χ0n) is 31.6. The van der Waals surface area contributed by atoms with Crippen LogP contribution in [0.25, 0.3) is 0 Å². The van der Waals surface area contributed by atoms with E-state index in [1.165, 1.54) is 62.0 Å². The predicted molar refractivity (Wildman–Crippen MR) is 200 cm³/mol. The maximum atomic E-state index is 14.0. The summed E-state index contributed by atoms with van der Waals surface area (Å²) < 4.78 is 12.5. The number of nitrogens with zero attached hydrogens (tertiary/aromatic N) is 3. The van der Waals surface area contributed by atoms with Crippen molar-refractivity contribution >= 4 is 24.7 Å². The molecule has 0 aliphatic carbocycles. The third-order valence-electron chi connectivity index (χ3n) is 9.63. The summed E-state index contributed by atoms with van der Waals surface area (Å²) in [6.45, 7) is 5.54. The van der Waals surface area contributed by atoms with Gasteiger partial charge in [0.2, 0.25) is 5.91 Å². The molecule has 13 heteroatoms. The fourth-order valence-electron chi connectivity index (χ4n) is 6.75. The Morgan fingerprint density at radius 2 is 1.56 bits per heavy atom. The third kappa shape index (κ3) is 14.7. The molecule has 288 valence electrons. The number of aliphatic hydroxyl groups is 3. The lowest BCUT2D eigenvalue weighted by atomic mass is 9.65. The highest BCUT2D eigenvalue weighted by Crippen LogP contribution is 2.35. The molecule has 0 saturated carbocycles. The second kappa shape index (κ2) is 23.4. The molecular formula is C39H61BN4O8. The Bertz CT molecular complexity index is 1320. The minimum absolute atomic E-state index is 0.0248. The average molecular weight is 725 g/mol. The number of aliphatic hydroxyl groups excluding tert-OH is 3. The Morgan fingerprint density at radius 3 is 2.15 bits per heavy atom. The van der Waals surface area contributed by atoms with Crippen LogP contribution in [0.3, 0.4) is 0 Å². The van der Waals surface area contributed by atoms with Crippen LogP contribution < -0.4 is 5.32 Å². The molecule has 0 radical (unpaired) electrons. The molecule has 1 aliphatic heterocycles. The van der Waals surface area contributed by atoms with Gasteiger partial charge >= 0.3 is 7.12 Å². The number of benzene rings is 1. The first-order valence-corrected chi connectivity index (χ1v) is 19.2. The van der Waals surface area contributed by atoms with Gasteiger partial charge in [-0.2, -0.15) is 0 Å². The van der Waals surface area contributed by atoms with Crippen LogP contribution in [0.15, 0.2) is 48.9 Å². The lowest BCUT2D eigenvalue weighted by Gasteiger charge is -2.29. The molecule has 6 atom stereocenters. The van der Waals surface area contributed by atoms with Crippen LogP contribution in [0.1, 0.15) is 114 Å². The van der Waals surface area contributed by atoms with Gasteiger partial charge in [-0.15, -0.1) is 0 Å². The van der Waals surface area contributed by atoms with E-state index in [4.69, 9.17) is 9.31 Å². The molecular weight excluding hydrogens is 663 g/mol. The molecule has 4 N–H and O–H groups in total. The Balaban J connectivity index is 1.66. The number of carbonyl (C=O) groups excluding carboxylic acids is 3. The number of unbranched alkanes of at least 4 members (excludes halogenated alkanes) is 8. The summed E-state index contributed by atoms with van der Waals surface area (Å²) in [6, 6.07) is 8.48. The van der Waals surface area contributed by atoms with Crippen molar-refractivity contribution in [1.29, 1.82) is 0 Å². The van der Waals surface area contributed by atoms with Gasteiger partial charge in [-0.25, -0.2) is 4.98 Å². The number of hydrogen-bond acceptors (Lipinski definition) is 10. The van der Waals surface area contributed by atoms with E-state index in [0.29, 0.717) is 12.8 Å². The zero-order valence-corrected chi connectivity index (χ0v) is 31.6. The first-order chi connectivity index (χ1) is 25.0. The third-order valence-corrected chi connectivity index (χ3v) is 9.63. The van der Waals surface area contributed by atoms with Crippen LogP contribution in [0, 0.1) is 5.92 Å². The van der Waals surface area contributed by atoms with Gasteiger partial charge in [0.05, 0.1) is 37.2 Å². The number of ketones is 1. The number of carbonyl (C=O) groups is 3. The van der Waals surface area contributed by atoms with E-state index < -0.39 is 55.9 Å². The zero-order chi connectivity index (χ0) is 37.9. The Kier molecular flexibility index (Phi) is 19.5. The van der Waals surface area contributed by atoms with Gasteiger partial charge in [0.1, 0.15) is 11.8 Å². The van der Waals surface area contributed by atoms with Crippen molar-refractivity contribution in [3.8, 4) is 0 Å². The lowest BCUT2D eigenvalue weighted by Crippen LogP contribution is -2.48. The number of amides is 2. The van der Waals surface area contributed by atoms with Crippen LogP contribution in [0.2, 0.25) is 5.82 Å². The smallest absolute Gasteiger partial charge is 0.403 e. The molecule has 1 saturated heterocycles. The quantitative estimate of drug-likeness (QED) is 0.0841. The fraction of sp³-hybridized carbons (Fsp3) is 0.667. The van der Waals surface area contributed by atoms with Crippen molar-refractivity contribution in [2.24, 2.45) is 5.92 Å². The van der Waals surface area contributed by atoms with E-state index in [2.05, 4.69) is 22.2 Å². The van der Waals surface area contributed by atoms with Crippen molar-refractivity contribution in [3.63, 3.8) is 0 Å². The van der Waals surface area contributed by atoms with Crippen molar-refractivity contribution in [2.75, 3.05) is 20.2 Å². The van der Waals surface area contributed by atoms with Crippen LogP contribution in [0.5, 0.6) is 0 Å². The molecule has 0 spiro atoms. The average Bonchev–Trinajstić information content (AvgIpc) is 3.59. The second-order valence-electron chi connectivity index (χ2n) is 14.6. The van der Waals surface area contributed by atoms with Crippen molar-refractivity contribution in [2.45, 2.75) is 141 Å². The molecule has 0 bridgehead atoms. The van der Waals surface area contributed by atoms with Crippen LogP contribution in [-0.4, -0.2) is 106 Å². The van der Waals surface area contributed by atoms with Gasteiger partial charge in [-0.1, -0.05) is 102 Å². The standard InChI is InChI=1S/C39H61BN4O8/c1-5-6-7-8-9-10-11-12-16-19-36(49)44(4)26-34(47)37-38(35(48)27-45)52-40(51-37)30(22-28(2)3)24-33(46)31(23-29-17-14-13-15-18-29)43-39(50)32-25-41-20-21-42-32/h13-15,17-18,20-21,25,28,30-31,34-35,37-38,45,47-48H,5-12,16,19,22-24,26-27H2,1-4H3,(H,43,50)/t30-,31+,34?,35?,37-,38-/m1/s1. The Hall–Kier alpha value is -3.23. The van der Waals surface area contributed by atoms with Gasteiger partial charge in [0, 0.05) is 44.6 Å². The molecule has 52 heavy (non-hydrogen) atoms. The Morgan fingerprint density at radius 1 is 0.923 bits per heavy atom. The summed E-state index contributed by atoms with van der Waals surface area (Å²) in [7, 11) is 0.639. The van der Waals surface area contributed by atoms with Crippen LogP contribution in [-0.2, 0) is 25.3 Å². The largest absolute Gasteiger partial charge is 0.461 e. The molecule has 1 fully saturated rings. The molecule has 2 unspecified atom stereocenters. The molecule has 1 aliphatic rings. The van der Waals surface area contributed by atoms with E-state index in [1.54, 1.807) is 7.05 Å². The number of nitrogens with one attached hydrogen (secondary N) is 1. The monoisotopic (exact) mass is 724 g/mol. The molecule has 2 heterocycles. The van der Waals surface area contributed by atoms with E-state index in [9.17, 15) is 29.7 Å². The molecule has 12 nitrogen and oxygen atoms in total. The van der Waals surface area contributed by atoms with E-state index in [0.717, 1.165) is 24.8 Å². The van der Waals surface area contributed by atoms with E-state index in [1.807, 2.05) is 44.2 Å². The van der Waals surface area contributed by atoms with Crippen molar-refractivity contribution in [3.05, 3.63) is 60.2 Å². The summed E-state index contributed by atoms with van der Waals surface area (Å²) in [5.41, 5.74) is 0.948. The number of likely N-dealkylation sites (N-methyl/N-ethyl adjacent to an activating group) is 1. The van der Waals surface area contributed by atoms with Gasteiger partial charge in [-0.05, 0) is 30.7 Å². The summed E-state index contributed by atoms with van der Waals surface area (Å²) in [6.07, 6.45) is 10.9. The first kappa shape index (κ1) is 43.2. The molecule has 1 aromatic heterocycles. The number of hydrogen-bond donors (Lipinski definition) is 4. The number of rotatable bonds is 25. The van der Waals surface area contributed by atoms with Crippen molar-refractivity contribution in [1.82, 2.24) is 20.2 Å². The lowest BCUT2D eigenvalue weighted by molar-refractivity contribution is -0.132. The Labute approximate surface area is 310 Å². The molecule has 1 aromatic carbocycles. The summed E-state index contributed by atoms with van der Waals surface area (Å²) >= 11 is 0. The molecule has 2 aromatic rings. The maximum Gasteiger partial charge on any atom is 0.461 e. The van der Waals surface area contributed by atoms with Crippen molar-refractivity contribution < 1.29 is 39.0 Å². The normalized spacial score (nSPS) is 18.2. The minimum Gasteiger partial charge on any atom is -0.403 e. The highest BCUT2D eigenvalue weighted by molar-refractivity contribution is 6.47. The summed E-state index contributed by atoms with van der Waals surface area (Å²) in [5.74, 6) is -1.24. The summed E-state index contributed by atoms with van der Waals surface area (Å²) in [4.78, 5) is 49.5. The van der Waals surface area contributed by atoms with E-state index >= 15 is 0 Å². The maximum absolute atomic E-state index is 14.0. The highest BCUT2D eigenvalue weighted by Gasteiger charge is 2.50. The first-order valence-electron chi connectivity index (χ1n) is 19.2. The molecule has 3 rings (SSSR count). The predicted octanol–water partition coefficient (Wildman–Crippen LogP) is 4.56. The van der Waals surface area contributed by atoms with Gasteiger partial charge in [0.15, 0.2) is 5.78 Å². The highest BCUT2D eigenvalue weighted by atomic mass is 16.7. The van der Waals surface area contributed by atoms with Gasteiger partial charge in [0.25, 0.3) is 5.91 Å². The minimum atomic E-state index is -1.36. The van der Waals surface area contributed by atoms with Gasteiger partial charge in [-0.3, -0.25) is 19.4 Å². The number of Topliss-reactive ketones (excluding diaryl/α,β-unsaturated/α-hetero) is 1. The van der Waals surface area contributed by atoms with E-state index in [-0.39, 0.29) is 42.7 Å². The summed E-state index contributed by atoms with van der Waals surface area (Å²) in [5, 5.41) is 34.7. The fourth-order valence-corrected chi connectivity index (χ4v) is 6.75. The molecule has 2 amide bonds. The number of aromatic nitrogens is 2. The second-order valence-corrected chi connectivity index (χ2v) is 14.6.